The number of ether oxygens (including phenoxy) is 1. The number of rotatable bonds is 5. The van der Waals surface area contributed by atoms with Gasteiger partial charge in [-0.05, 0) is 50.2 Å². The first kappa shape index (κ1) is 20.8. The molecular formula is C19H15Cl2FN4O3. The van der Waals surface area contributed by atoms with Crippen LogP contribution in [0.5, 0.6) is 0 Å². The van der Waals surface area contributed by atoms with E-state index in [4.69, 9.17) is 27.9 Å². The molecule has 0 saturated carbocycles. The van der Waals surface area contributed by atoms with Crippen LogP contribution in [0.3, 0.4) is 0 Å². The van der Waals surface area contributed by atoms with E-state index in [1.807, 2.05) is 19.9 Å². The van der Waals surface area contributed by atoms with Gasteiger partial charge < -0.3 is 10.1 Å². The van der Waals surface area contributed by atoms with Crippen LogP contribution in [-0.4, -0.2) is 33.2 Å². The number of nitrogens with one attached hydrogen (secondary N) is 1. The number of carbonyl (C=O) groups is 2. The van der Waals surface area contributed by atoms with Crippen LogP contribution >= 0.6 is 23.2 Å². The minimum Gasteiger partial charge on any atom is -0.451 e. The van der Waals surface area contributed by atoms with E-state index in [0.29, 0.717) is 5.82 Å². The molecular weight excluding hydrogens is 422 g/mol. The van der Waals surface area contributed by atoms with Crippen molar-refractivity contribution < 1.29 is 18.7 Å². The summed E-state index contributed by atoms with van der Waals surface area (Å²) in [5.41, 5.74) is 1.31. The van der Waals surface area contributed by atoms with Crippen LogP contribution in [0, 0.1) is 19.7 Å². The van der Waals surface area contributed by atoms with Gasteiger partial charge in [-0.25, -0.2) is 18.9 Å². The zero-order valence-corrected chi connectivity index (χ0v) is 16.9. The number of aryl methyl sites for hydroxylation is 2. The molecule has 1 N–H and O–H groups in total. The molecule has 2 heterocycles. The topological polar surface area (TPSA) is 86.1 Å². The lowest BCUT2D eigenvalue weighted by atomic mass is 10.3. The number of esters is 1. The summed E-state index contributed by atoms with van der Waals surface area (Å²) < 4.78 is 20.2. The van der Waals surface area contributed by atoms with E-state index in [9.17, 15) is 14.0 Å². The van der Waals surface area contributed by atoms with Crippen LogP contribution in [0.15, 0.2) is 36.4 Å². The molecule has 0 aliphatic carbocycles. The maximum absolute atomic E-state index is 13.7. The highest BCUT2D eigenvalue weighted by atomic mass is 35.5. The maximum atomic E-state index is 13.7. The number of aromatic nitrogens is 3. The standard InChI is InChI=1S/C19H15Cl2FN4O3/c1-10-7-11(2)26(25-10)16-6-4-13(21)18(24-16)19(28)29-9-17(27)23-15-8-12(20)3-5-14(15)22/h3-8H,9H2,1-2H3,(H,23,27). The van der Waals surface area contributed by atoms with Crippen LogP contribution in [0.4, 0.5) is 10.1 Å². The summed E-state index contributed by atoms with van der Waals surface area (Å²) in [7, 11) is 0. The average Bonchev–Trinajstić information content (AvgIpc) is 3.01. The molecule has 0 saturated heterocycles. The number of amides is 1. The van der Waals surface area contributed by atoms with E-state index in [-0.39, 0.29) is 21.4 Å². The molecule has 0 aliphatic heterocycles. The van der Waals surface area contributed by atoms with Crippen molar-refractivity contribution in [2.75, 3.05) is 11.9 Å². The van der Waals surface area contributed by atoms with Crippen molar-refractivity contribution in [1.82, 2.24) is 14.8 Å². The highest BCUT2D eigenvalue weighted by Gasteiger charge is 2.18. The third-order valence-corrected chi connectivity index (χ3v) is 4.33. The molecule has 0 atom stereocenters. The first-order chi connectivity index (χ1) is 13.7. The molecule has 0 radical (unpaired) electrons. The Morgan fingerprint density at radius 1 is 1.17 bits per heavy atom. The summed E-state index contributed by atoms with van der Waals surface area (Å²) in [6.45, 7) is 3.01. The van der Waals surface area contributed by atoms with Gasteiger partial charge in [0.15, 0.2) is 18.1 Å². The fourth-order valence-electron chi connectivity index (χ4n) is 2.53. The van der Waals surface area contributed by atoms with Crippen molar-refractivity contribution in [1.29, 1.82) is 0 Å². The Morgan fingerprint density at radius 3 is 2.62 bits per heavy atom. The Labute approximate surface area is 175 Å². The molecule has 0 fully saturated rings. The average molecular weight is 437 g/mol. The number of hydrogen-bond acceptors (Lipinski definition) is 5. The molecule has 10 heteroatoms. The molecule has 7 nitrogen and oxygen atoms in total. The molecule has 1 aromatic carbocycles. The number of benzene rings is 1. The Kier molecular flexibility index (Phi) is 6.14. The van der Waals surface area contributed by atoms with Gasteiger partial charge >= 0.3 is 5.97 Å². The normalized spacial score (nSPS) is 10.7. The van der Waals surface area contributed by atoms with Gasteiger partial charge in [0.1, 0.15) is 5.82 Å². The lowest BCUT2D eigenvalue weighted by Crippen LogP contribution is -2.22. The quantitative estimate of drug-likeness (QED) is 0.607. The molecule has 1 amide bonds. The van der Waals surface area contributed by atoms with Gasteiger partial charge in [0.05, 0.1) is 16.4 Å². The SMILES string of the molecule is Cc1cc(C)n(-c2ccc(Cl)c(C(=O)OCC(=O)Nc3cc(Cl)ccc3F)n2)n1. The molecule has 0 spiro atoms. The second kappa shape index (κ2) is 8.59. The smallest absolute Gasteiger partial charge is 0.359 e. The van der Waals surface area contributed by atoms with Crippen molar-refractivity contribution in [2.45, 2.75) is 13.8 Å². The lowest BCUT2D eigenvalue weighted by molar-refractivity contribution is -0.119. The van der Waals surface area contributed by atoms with E-state index in [1.165, 1.54) is 18.2 Å². The fraction of sp³-hybridized carbons (Fsp3) is 0.158. The summed E-state index contributed by atoms with van der Waals surface area (Å²) >= 11 is 11.8. The molecule has 2 aromatic heterocycles. The van der Waals surface area contributed by atoms with Gasteiger partial charge in [-0.3, -0.25) is 4.79 Å². The summed E-state index contributed by atoms with van der Waals surface area (Å²) in [4.78, 5) is 28.5. The Bertz CT molecular complexity index is 1100. The van der Waals surface area contributed by atoms with E-state index in [2.05, 4.69) is 15.4 Å². The van der Waals surface area contributed by atoms with Crippen LogP contribution in [0.2, 0.25) is 10.0 Å². The predicted molar refractivity (Wildman–Crippen MR) is 106 cm³/mol. The van der Waals surface area contributed by atoms with Gasteiger partial charge in [0.25, 0.3) is 5.91 Å². The summed E-state index contributed by atoms with van der Waals surface area (Å²) in [5, 5.41) is 6.88. The largest absolute Gasteiger partial charge is 0.451 e. The molecule has 3 rings (SSSR count). The van der Waals surface area contributed by atoms with Gasteiger partial charge in [0, 0.05) is 10.7 Å². The number of halogens is 3. The number of hydrogen-bond donors (Lipinski definition) is 1. The predicted octanol–water partition coefficient (Wildman–Crippen LogP) is 4.13. The Hall–Kier alpha value is -2.97. The van der Waals surface area contributed by atoms with Crippen LogP contribution in [-0.2, 0) is 9.53 Å². The van der Waals surface area contributed by atoms with Gasteiger partial charge in [-0.2, -0.15) is 5.10 Å². The highest BCUT2D eigenvalue weighted by molar-refractivity contribution is 6.33. The van der Waals surface area contributed by atoms with Crippen molar-refractivity contribution in [2.24, 2.45) is 0 Å². The van der Waals surface area contributed by atoms with E-state index >= 15 is 0 Å². The van der Waals surface area contributed by atoms with Crippen molar-refractivity contribution >= 4 is 40.8 Å². The van der Waals surface area contributed by atoms with E-state index < -0.39 is 24.3 Å². The second-order valence-electron chi connectivity index (χ2n) is 6.09. The monoisotopic (exact) mass is 436 g/mol. The number of pyridine rings is 1. The van der Waals surface area contributed by atoms with Crippen LogP contribution < -0.4 is 5.32 Å². The maximum Gasteiger partial charge on any atom is 0.359 e. The molecule has 150 valence electrons. The molecule has 3 aromatic rings. The van der Waals surface area contributed by atoms with Crippen LogP contribution in [0.1, 0.15) is 21.9 Å². The second-order valence-corrected chi connectivity index (χ2v) is 6.93. The fourth-order valence-corrected chi connectivity index (χ4v) is 2.89. The molecule has 0 bridgehead atoms. The lowest BCUT2D eigenvalue weighted by Gasteiger charge is -2.09. The number of anilines is 1. The Morgan fingerprint density at radius 2 is 1.93 bits per heavy atom. The zero-order chi connectivity index (χ0) is 21.1. The minimum absolute atomic E-state index is 0.0570. The first-order valence-electron chi connectivity index (χ1n) is 8.37. The van der Waals surface area contributed by atoms with Crippen LogP contribution in [0.25, 0.3) is 5.82 Å². The molecule has 0 unspecified atom stereocenters. The van der Waals surface area contributed by atoms with Gasteiger partial charge in [-0.1, -0.05) is 23.2 Å². The van der Waals surface area contributed by atoms with E-state index in [0.717, 1.165) is 17.5 Å². The molecule has 0 aliphatic rings. The van der Waals surface area contributed by atoms with Gasteiger partial charge in [-0.15, -0.1) is 0 Å². The number of carbonyl (C=O) groups excluding carboxylic acids is 2. The van der Waals surface area contributed by atoms with Crippen molar-refractivity contribution in [3.8, 4) is 5.82 Å². The van der Waals surface area contributed by atoms with Gasteiger partial charge in [0.2, 0.25) is 0 Å². The highest BCUT2D eigenvalue weighted by Crippen LogP contribution is 2.20. The van der Waals surface area contributed by atoms with E-state index in [1.54, 1.807) is 10.7 Å². The Balaban J connectivity index is 1.70. The third kappa shape index (κ3) is 4.90. The third-order valence-electron chi connectivity index (χ3n) is 3.79. The summed E-state index contributed by atoms with van der Waals surface area (Å²) in [6.07, 6.45) is 0. The van der Waals surface area contributed by atoms with Crippen molar-refractivity contribution in [3.63, 3.8) is 0 Å². The molecule has 29 heavy (non-hydrogen) atoms. The minimum atomic E-state index is -0.903. The summed E-state index contributed by atoms with van der Waals surface area (Å²) in [6, 6.07) is 8.64. The summed E-state index contributed by atoms with van der Waals surface area (Å²) in [5.74, 6) is -1.95. The number of nitrogens with zero attached hydrogens (tertiary/aromatic N) is 3. The zero-order valence-electron chi connectivity index (χ0n) is 15.4. The van der Waals surface area contributed by atoms with Crippen molar-refractivity contribution in [3.05, 3.63) is 69.3 Å². The first-order valence-corrected chi connectivity index (χ1v) is 9.12.